The lowest BCUT2D eigenvalue weighted by molar-refractivity contribution is -0.154. The number of carbonyl (C=O) groups excluding carboxylic acids is 2. The molecule has 1 aromatic rings. The molecule has 1 aliphatic rings. The highest BCUT2D eigenvalue weighted by molar-refractivity contribution is 5.95. The Balaban J connectivity index is 1.92. The zero-order chi connectivity index (χ0) is 14.5. The van der Waals surface area contributed by atoms with Crippen LogP contribution in [0.3, 0.4) is 0 Å². The molecule has 1 saturated heterocycles. The van der Waals surface area contributed by atoms with Crippen molar-refractivity contribution in [2.24, 2.45) is 0 Å². The average molecular weight is 276 g/mol. The van der Waals surface area contributed by atoms with Gasteiger partial charge in [0, 0.05) is 18.8 Å². The van der Waals surface area contributed by atoms with Gasteiger partial charge in [-0.1, -0.05) is 12.1 Å². The summed E-state index contributed by atoms with van der Waals surface area (Å²) in [6.45, 7) is 5.63. The minimum absolute atomic E-state index is 0.0588. The van der Waals surface area contributed by atoms with E-state index in [9.17, 15) is 9.59 Å². The van der Waals surface area contributed by atoms with Gasteiger partial charge in [-0.15, -0.1) is 0 Å². The van der Waals surface area contributed by atoms with E-state index in [1.807, 2.05) is 38.1 Å². The molecule has 1 heterocycles. The van der Waals surface area contributed by atoms with Crippen molar-refractivity contribution in [3.63, 3.8) is 0 Å². The van der Waals surface area contributed by atoms with Crippen LogP contribution in [0, 0.1) is 6.92 Å². The third kappa shape index (κ3) is 3.57. The third-order valence-electron chi connectivity index (χ3n) is 3.32. The summed E-state index contributed by atoms with van der Waals surface area (Å²) >= 11 is 0. The normalized spacial score (nSPS) is 19.0. The quantitative estimate of drug-likeness (QED) is 0.908. The van der Waals surface area contributed by atoms with E-state index in [1.165, 1.54) is 0 Å². The maximum Gasteiger partial charge on any atom is 0.252 e. The molecule has 0 saturated carbocycles. The minimum Gasteiger partial charge on any atom is -0.366 e. The number of amides is 2. The van der Waals surface area contributed by atoms with E-state index in [2.05, 4.69) is 5.32 Å². The third-order valence-corrected chi connectivity index (χ3v) is 3.32. The van der Waals surface area contributed by atoms with Crippen molar-refractivity contribution < 1.29 is 14.3 Å². The van der Waals surface area contributed by atoms with Gasteiger partial charge in [-0.05, 0) is 31.5 Å². The molecular weight excluding hydrogens is 256 g/mol. The van der Waals surface area contributed by atoms with Gasteiger partial charge in [0.15, 0.2) is 0 Å². The molecule has 0 aromatic heterocycles. The van der Waals surface area contributed by atoms with E-state index in [-0.39, 0.29) is 18.2 Å². The van der Waals surface area contributed by atoms with Gasteiger partial charge in [-0.25, -0.2) is 0 Å². The Bertz CT molecular complexity index is 502. The molecule has 0 bridgehead atoms. The summed E-state index contributed by atoms with van der Waals surface area (Å²) in [5.41, 5.74) is 1.82. The van der Waals surface area contributed by atoms with Crippen molar-refractivity contribution in [3.05, 3.63) is 29.8 Å². The molecule has 0 aliphatic carbocycles. The first-order valence-corrected chi connectivity index (χ1v) is 6.87. The van der Waals surface area contributed by atoms with Gasteiger partial charge in [-0.3, -0.25) is 9.59 Å². The number of hydrogen-bond donors (Lipinski definition) is 1. The van der Waals surface area contributed by atoms with E-state index >= 15 is 0 Å². The number of hydrogen-bond acceptors (Lipinski definition) is 3. The summed E-state index contributed by atoms with van der Waals surface area (Å²) in [7, 11) is 0. The molecule has 108 valence electrons. The SMILES string of the molecule is CCN1CCOC(CC(=O)Nc2cccc(C)c2)C1=O. The minimum atomic E-state index is -0.659. The van der Waals surface area contributed by atoms with Crippen molar-refractivity contribution in [3.8, 4) is 0 Å². The van der Waals surface area contributed by atoms with Crippen LogP contribution in [-0.2, 0) is 14.3 Å². The second-order valence-electron chi connectivity index (χ2n) is 4.90. The predicted octanol–water partition coefficient (Wildman–Crippen LogP) is 1.57. The van der Waals surface area contributed by atoms with Crippen molar-refractivity contribution in [2.45, 2.75) is 26.4 Å². The Morgan fingerprint density at radius 1 is 1.50 bits per heavy atom. The van der Waals surface area contributed by atoms with Crippen molar-refractivity contribution in [2.75, 3.05) is 25.0 Å². The largest absolute Gasteiger partial charge is 0.366 e. The number of aryl methyl sites for hydroxylation is 1. The van der Waals surface area contributed by atoms with Crippen LogP contribution >= 0.6 is 0 Å². The van der Waals surface area contributed by atoms with Gasteiger partial charge >= 0.3 is 0 Å². The highest BCUT2D eigenvalue weighted by atomic mass is 16.5. The summed E-state index contributed by atoms with van der Waals surface area (Å²) < 4.78 is 5.40. The first-order valence-electron chi connectivity index (χ1n) is 6.87. The topological polar surface area (TPSA) is 58.6 Å². The summed E-state index contributed by atoms with van der Waals surface area (Å²) in [5, 5.41) is 2.79. The molecule has 1 unspecified atom stereocenters. The van der Waals surface area contributed by atoms with E-state index in [1.54, 1.807) is 4.90 Å². The molecule has 0 spiro atoms. The second-order valence-corrected chi connectivity index (χ2v) is 4.90. The fourth-order valence-corrected chi connectivity index (χ4v) is 2.25. The molecule has 20 heavy (non-hydrogen) atoms. The van der Waals surface area contributed by atoms with Crippen LogP contribution in [0.4, 0.5) is 5.69 Å². The predicted molar refractivity (Wildman–Crippen MR) is 76.4 cm³/mol. The first-order chi connectivity index (χ1) is 9.60. The molecule has 1 N–H and O–H groups in total. The smallest absolute Gasteiger partial charge is 0.252 e. The van der Waals surface area contributed by atoms with Crippen molar-refractivity contribution in [1.82, 2.24) is 4.90 Å². The molecule has 5 nitrogen and oxygen atoms in total. The molecule has 2 amide bonds. The summed E-state index contributed by atoms with van der Waals surface area (Å²) in [6, 6.07) is 7.56. The van der Waals surface area contributed by atoms with E-state index in [0.717, 1.165) is 11.3 Å². The molecule has 5 heteroatoms. The van der Waals surface area contributed by atoms with Crippen LogP contribution in [-0.4, -0.2) is 42.5 Å². The van der Waals surface area contributed by atoms with E-state index < -0.39 is 6.10 Å². The van der Waals surface area contributed by atoms with Gasteiger partial charge in [0.2, 0.25) is 5.91 Å². The number of anilines is 1. The maximum atomic E-state index is 12.0. The molecule has 2 rings (SSSR count). The molecule has 1 atom stereocenters. The number of carbonyl (C=O) groups is 2. The Morgan fingerprint density at radius 2 is 2.30 bits per heavy atom. The van der Waals surface area contributed by atoms with Crippen LogP contribution in [0.1, 0.15) is 18.9 Å². The standard InChI is InChI=1S/C15H20N2O3/c1-3-17-7-8-20-13(15(17)19)10-14(18)16-12-6-4-5-11(2)9-12/h4-6,9,13H,3,7-8,10H2,1-2H3,(H,16,18). The number of nitrogens with zero attached hydrogens (tertiary/aromatic N) is 1. The Hall–Kier alpha value is -1.88. The number of morpholine rings is 1. The van der Waals surface area contributed by atoms with Crippen molar-refractivity contribution >= 4 is 17.5 Å². The first kappa shape index (κ1) is 14.5. The highest BCUT2D eigenvalue weighted by Crippen LogP contribution is 2.13. The van der Waals surface area contributed by atoms with Gasteiger partial charge in [0.05, 0.1) is 13.0 Å². The zero-order valence-electron chi connectivity index (χ0n) is 11.9. The molecule has 0 radical (unpaired) electrons. The Labute approximate surface area is 118 Å². The van der Waals surface area contributed by atoms with Crippen LogP contribution < -0.4 is 5.32 Å². The van der Waals surface area contributed by atoms with Gasteiger partial charge in [0.25, 0.3) is 5.91 Å². The number of benzene rings is 1. The Morgan fingerprint density at radius 3 is 3.00 bits per heavy atom. The van der Waals surface area contributed by atoms with Gasteiger partial charge in [-0.2, -0.15) is 0 Å². The lowest BCUT2D eigenvalue weighted by Crippen LogP contribution is -2.48. The molecule has 1 fully saturated rings. The maximum absolute atomic E-state index is 12.0. The highest BCUT2D eigenvalue weighted by Gasteiger charge is 2.30. The van der Waals surface area contributed by atoms with Crippen LogP contribution in [0.25, 0.3) is 0 Å². The lowest BCUT2D eigenvalue weighted by Gasteiger charge is -2.31. The van der Waals surface area contributed by atoms with Crippen LogP contribution in [0.15, 0.2) is 24.3 Å². The van der Waals surface area contributed by atoms with E-state index in [0.29, 0.717) is 19.7 Å². The number of rotatable bonds is 4. The number of nitrogens with one attached hydrogen (secondary N) is 1. The molecular formula is C15H20N2O3. The molecule has 1 aromatic carbocycles. The van der Waals surface area contributed by atoms with Gasteiger partial charge in [0.1, 0.15) is 6.10 Å². The summed E-state index contributed by atoms with van der Waals surface area (Å²) in [6.07, 6.45) is -0.600. The summed E-state index contributed by atoms with van der Waals surface area (Å²) in [4.78, 5) is 25.7. The Kier molecular flexibility index (Phi) is 4.74. The number of ether oxygens (including phenoxy) is 1. The second kappa shape index (κ2) is 6.52. The van der Waals surface area contributed by atoms with Crippen LogP contribution in [0.2, 0.25) is 0 Å². The van der Waals surface area contributed by atoms with Gasteiger partial charge < -0.3 is 15.0 Å². The van der Waals surface area contributed by atoms with Crippen LogP contribution in [0.5, 0.6) is 0 Å². The fourth-order valence-electron chi connectivity index (χ4n) is 2.25. The monoisotopic (exact) mass is 276 g/mol. The zero-order valence-corrected chi connectivity index (χ0v) is 11.9. The fraction of sp³-hybridized carbons (Fsp3) is 0.467. The van der Waals surface area contributed by atoms with E-state index in [4.69, 9.17) is 4.74 Å². The summed E-state index contributed by atoms with van der Waals surface area (Å²) in [5.74, 6) is -0.301. The average Bonchev–Trinajstić information content (AvgIpc) is 2.41. The molecule has 1 aliphatic heterocycles. The lowest BCUT2D eigenvalue weighted by atomic mass is 10.1. The number of likely N-dealkylation sites (N-methyl/N-ethyl adjacent to an activating group) is 1. The van der Waals surface area contributed by atoms with Crippen molar-refractivity contribution in [1.29, 1.82) is 0 Å².